The number of hydrogen-bond donors (Lipinski definition) is 0. The average Bonchev–Trinajstić information content (AvgIpc) is 2.66. The Bertz CT molecular complexity index is 754. The van der Waals surface area contributed by atoms with Gasteiger partial charge in [-0.2, -0.15) is 4.39 Å². The molecule has 0 bridgehead atoms. The summed E-state index contributed by atoms with van der Waals surface area (Å²) >= 11 is 0. The lowest BCUT2D eigenvalue weighted by molar-refractivity contribution is 0.370. The van der Waals surface area contributed by atoms with Gasteiger partial charge in [-0.15, -0.1) is 0 Å². The molecule has 0 aliphatic rings. The Morgan fingerprint density at radius 2 is 1.54 bits per heavy atom. The van der Waals surface area contributed by atoms with E-state index < -0.39 is 11.6 Å². The highest BCUT2D eigenvalue weighted by molar-refractivity contribution is 5.50. The van der Waals surface area contributed by atoms with E-state index in [1.54, 1.807) is 0 Å². The minimum absolute atomic E-state index is 0.155. The van der Waals surface area contributed by atoms with Crippen LogP contribution in [0.2, 0.25) is 0 Å². The molecule has 2 aromatic rings. The van der Waals surface area contributed by atoms with Crippen LogP contribution in [-0.4, -0.2) is 7.11 Å². The van der Waals surface area contributed by atoms with Gasteiger partial charge in [-0.25, -0.2) is 4.39 Å². The van der Waals surface area contributed by atoms with Crippen LogP contribution in [0, 0.1) is 23.5 Å². The molecule has 138 valence electrons. The standard InChI is InChI=1S/C23H26F2O/c1-3-4-5-6-7-8-9-18-10-12-19(13-11-18)14-15-20-16-17-21(24)22(25)23(20)26-2/h10-13,16-17H,3-9H2,1-2H3. The summed E-state index contributed by atoms with van der Waals surface area (Å²) < 4.78 is 31.9. The number of aryl methyl sites for hydroxylation is 1. The Morgan fingerprint density at radius 1 is 0.846 bits per heavy atom. The van der Waals surface area contributed by atoms with E-state index in [9.17, 15) is 8.78 Å². The second-order valence-corrected chi connectivity index (χ2v) is 6.41. The SMILES string of the molecule is CCCCCCCCc1ccc(C#Cc2ccc(F)c(F)c2OC)cc1. The van der Waals surface area contributed by atoms with Crippen LogP contribution in [0.5, 0.6) is 5.75 Å². The Morgan fingerprint density at radius 3 is 2.23 bits per heavy atom. The fourth-order valence-corrected chi connectivity index (χ4v) is 2.83. The number of halogens is 2. The van der Waals surface area contributed by atoms with Crippen LogP contribution in [0.1, 0.15) is 62.1 Å². The minimum atomic E-state index is -1.01. The molecule has 0 saturated heterocycles. The van der Waals surface area contributed by atoms with Crippen LogP contribution < -0.4 is 4.74 Å². The summed E-state index contributed by atoms with van der Waals surface area (Å²) in [7, 11) is 1.31. The summed E-state index contributed by atoms with van der Waals surface area (Å²) in [6, 6.07) is 10.6. The molecule has 0 aliphatic heterocycles. The lowest BCUT2D eigenvalue weighted by Gasteiger charge is -2.05. The normalized spacial score (nSPS) is 10.3. The number of benzene rings is 2. The molecule has 0 heterocycles. The van der Waals surface area contributed by atoms with Gasteiger partial charge >= 0.3 is 0 Å². The van der Waals surface area contributed by atoms with Crippen molar-refractivity contribution in [3.05, 3.63) is 64.7 Å². The molecule has 26 heavy (non-hydrogen) atoms. The largest absolute Gasteiger partial charge is 0.492 e. The van der Waals surface area contributed by atoms with Crippen molar-refractivity contribution in [1.82, 2.24) is 0 Å². The highest BCUT2D eigenvalue weighted by atomic mass is 19.2. The smallest absolute Gasteiger partial charge is 0.201 e. The van der Waals surface area contributed by atoms with Gasteiger partial charge < -0.3 is 4.74 Å². The maximum atomic E-state index is 13.7. The first kappa shape index (κ1) is 20.0. The zero-order valence-electron chi connectivity index (χ0n) is 15.6. The van der Waals surface area contributed by atoms with E-state index in [0.717, 1.165) is 18.1 Å². The van der Waals surface area contributed by atoms with Crippen molar-refractivity contribution in [1.29, 1.82) is 0 Å². The Balaban J connectivity index is 1.94. The fourth-order valence-electron chi connectivity index (χ4n) is 2.83. The number of hydrogen-bond acceptors (Lipinski definition) is 1. The van der Waals surface area contributed by atoms with Gasteiger partial charge in [0.25, 0.3) is 0 Å². The summed E-state index contributed by atoms with van der Waals surface area (Å²) in [6.45, 7) is 2.23. The summed E-state index contributed by atoms with van der Waals surface area (Å²) in [6.07, 6.45) is 8.82. The minimum Gasteiger partial charge on any atom is -0.492 e. The summed E-state index contributed by atoms with van der Waals surface area (Å²) in [5, 5.41) is 0. The predicted molar refractivity (Wildman–Crippen MR) is 102 cm³/mol. The number of unbranched alkanes of at least 4 members (excludes halogenated alkanes) is 5. The first-order valence-electron chi connectivity index (χ1n) is 9.28. The number of ether oxygens (including phenoxy) is 1. The molecule has 0 radical (unpaired) electrons. The maximum Gasteiger partial charge on any atom is 0.201 e. The Hall–Kier alpha value is -2.34. The first-order chi connectivity index (χ1) is 12.7. The lowest BCUT2D eigenvalue weighted by Crippen LogP contribution is -1.95. The highest BCUT2D eigenvalue weighted by Gasteiger charge is 2.12. The van der Waals surface area contributed by atoms with Crippen molar-refractivity contribution in [3.63, 3.8) is 0 Å². The fraction of sp³-hybridized carbons (Fsp3) is 0.391. The molecule has 0 atom stereocenters. The zero-order chi connectivity index (χ0) is 18.8. The summed E-state index contributed by atoms with van der Waals surface area (Å²) in [4.78, 5) is 0. The molecular formula is C23H26F2O. The van der Waals surface area contributed by atoms with Gasteiger partial charge in [0, 0.05) is 5.56 Å². The molecular weight excluding hydrogens is 330 g/mol. The van der Waals surface area contributed by atoms with E-state index in [1.165, 1.54) is 57.3 Å². The number of methoxy groups -OCH3 is 1. The van der Waals surface area contributed by atoms with Gasteiger partial charge in [0.15, 0.2) is 11.6 Å². The molecule has 0 saturated carbocycles. The van der Waals surface area contributed by atoms with Gasteiger partial charge in [0.1, 0.15) is 0 Å². The third-order valence-corrected chi connectivity index (χ3v) is 4.37. The van der Waals surface area contributed by atoms with E-state index in [-0.39, 0.29) is 5.75 Å². The zero-order valence-corrected chi connectivity index (χ0v) is 15.6. The van der Waals surface area contributed by atoms with Crippen LogP contribution in [0.25, 0.3) is 0 Å². The second-order valence-electron chi connectivity index (χ2n) is 6.41. The quantitative estimate of drug-likeness (QED) is 0.400. The molecule has 0 aliphatic carbocycles. The van der Waals surface area contributed by atoms with Crippen LogP contribution in [-0.2, 0) is 6.42 Å². The van der Waals surface area contributed by atoms with Gasteiger partial charge in [-0.3, -0.25) is 0 Å². The Kier molecular flexibility index (Phi) is 8.15. The summed E-state index contributed by atoms with van der Waals surface area (Å²) in [5.74, 6) is 3.74. The molecule has 0 unspecified atom stereocenters. The van der Waals surface area contributed by atoms with E-state index in [4.69, 9.17) is 4.74 Å². The van der Waals surface area contributed by atoms with E-state index in [0.29, 0.717) is 5.56 Å². The van der Waals surface area contributed by atoms with Crippen molar-refractivity contribution < 1.29 is 13.5 Å². The van der Waals surface area contributed by atoms with Crippen LogP contribution >= 0.6 is 0 Å². The first-order valence-corrected chi connectivity index (χ1v) is 9.28. The van der Waals surface area contributed by atoms with E-state index >= 15 is 0 Å². The lowest BCUT2D eigenvalue weighted by atomic mass is 10.0. The van der Waals surface area contributed by atoms with E-state index in [2.05, 4.69) is 30.9 Å². The van der Waals surface area contributed by atoms with Gasteiger partial charge in [0.2, 0.25) is 5.82 Å². The molecule has 2 aromatic carbocycles. The topological polar surface area (TPSA) is 9.23 Å². The average molecular weight is 356 g/mol. The van der Waals surface area contributed by atoms with Crippen molar-refractivity contribution in [2.24, 2.45) is 0 Å². The van der Waals surface area contributed by atoms with Crippen LogP contribution in [0.4, 0.5) is 8.78 Å². The van der Waals surface area contributed by atoms with Gasteiger partial charge in [-0.05, 0) is 42.7 Å². The summed E-state index contributed by atoms with van der Waals surface area (Å²) in [5.41, 5.74) is 2.47. The van der Waals surface area contributed by atoms with Crippen molar-refractivity contribution in [2.45, 2.75) is 51.9 Å². The maximum absolute atomic E-state index is 13.7. The van der Waals surface area contributed by atoms with Crippen molar-refractivity contribution in [3.8, 4) is 17.6 Å². The Labute approximate surface area is 155 Å². The molecule has 0 aromatic heterocycles. The van der Waals surface area contributed by atoms with Crippen LogP contribution in [0.15, 0.2) is 36.4 Å². The molecule has 0 N–H and O–H groups in total. The third kappa shape index (κ3) is 5.88. The van der Waals surface area contributed by atoms with Crippen LogP contribution in [0.3, 0.4) is 0 Å². The number of rotatable bonds is 8. The van der Waals surface area contributed by atoms with E-state index in [1.807, 2.05) is 12.1 Å². The van der Waals surface area contributed by atoms with Crippen molar-refractivity contribution in [2.75, 3.05) is 7.11 Å². The molecule has 2 rings (SSSR count). The third-order valence-electron chi connectivity index (χ3n) is 4.37. The predicted octanol–water partition coefficient (Wildman–Crippen LogP) is 6.28. The molecule has 0 amide bonds. The van der Waals surface area contributed by atoms with Gasteiger partial charge in [-0.1, -0.05) is 63.0 Å². The second kappa shape index (κ2) is 10.6. The highest BCUT2D eigenvalue weighted by Crippen LogP contribution is 2.24. The van der Waals surface area contributed by atoms with Gasteiger partial charge in [0.05, 0.1) is 12.7 Å². The molecule has 0 spiro atoms. The molecule has 1 nitrogen and oxygen atoms in total. The molecule has 0 fully saturated rings. The van der Waals surface area contributed by atoms with Crippen molar-refractivity contribution >= 4 is 0 Å². The monoisotopic (exact) mass is 356 g/mol. The molecule has 3 heteroatoms.